The van der Waals surface area contributed by atoms with Crippen molar-refractivity contribution in [2.45, 2.75) is 0 Å². The Hall–Kier alpha value is -2.78. The van der Waals surface area contributed by atoms with Gasteiger partial charge in [0, 0.05) is 50.2 Å². The van der Waals surface area contributed by atoms with Crippen LogP contribution in [0.1, 0.15) is 0 Å². The van der Waals surface area contributed by atoms with Gasteiger partial charge >= 0.3 is 0 Å². The fourth-order valence-electron chi connectivity index (χ4n) is 3.55. The number of hydrogen-bond acceptors (Lipinski definition) is 8. The van der Waals surface area contributed by atoms with Gasteiger partial charge in [-0.3, -0.25) is 5.10 Å². The van der Waals surface area contributed by atoms with E-state index in [2.05, 4.69) is 25.3 Å². The zero-order valence-corrected chi connectivity index (χ0v) is 15.1. The monoisotopic (exact) mass is 366 g/mol. The van der Waals surface area contributed by atoms with Crippen molar-refractivity contribution in [3.05, 3.63) is 24.4 Å². The molecule has 5 rings (SSSR count). The van der Waals surface area contributed by atoms with E-state index in [1.807, 2.05) is 24.4 Å². The third kappa shape index (κ3) is 3.19. The van der Waals surface area contributed by atoms with Gasteiger partial charge in [-0.15, -0.1) is 0 Å². The molecule has 2 saturated heterocycles. The average Bonchev–Trinajstić information content (AvgIpc) is 3.24. The molecule has 0 unspecified atom stereocenters. The number of fused-ring (bicyclic) bond motifs is 1. The van der Waals surface area contributed by atoms with E-state index in [-0.39, 0.29) is 0 Å². The molecular formula is C18H22N8O. The molecule has 9 heteroatoms. The largest absolute Gasteiger partial charge is 0.378 e. The summed E-state index contributed by atoms with van der Waals surface area (Å²) in [6.07, 6.45) is 1.83. The number of aromatic nitrogens is 5. The summed E-state index contributed by atoms with van der Waals surface area (Å²) in [4.78, 5) is 18.8. The number of morpholine rings is 1. The first-order chi connectivity index (χ1) is 13.4. The van der Waals surface area contributed by atoms with Crippen LogP contribution in [-0.4, -0.2) is 77.6 Å². The Morgan fingerprint density at radius 3 is 2.41 bits per heavy atom. The number of nitrogens with one attached hydrogen (secondary N) is 2. The third-order valence-electron chi connectivity index (χ3n) is 5.03. The van der Waals surface area contributed by atoms with Crippen molar-refractivity contribution in [1.82, 2.24) is 30.5 Å². The third-order valence-corrected chi connectivity index (χ3v) is 5.03. The summed E-state index contributed by atoms with van der Waals surface area (Å²) in [5.41, 5.74) is 1.94. The van der Waals surface area contributed by atoms with E-state index < -0.39 is 0 Å². The lowest BCUT2D eigenvalue weighted by molar-refractivity contribution is 0.122. The molecule has 3 aromatic rings. The number of hydrogen-bond donors (Lipinski definition) is 2. The van der Waals surface area contributed by atoms with Crippen molar-refractivity contribution in [3.8, 4) is 11.4 Å². The standard InChI is InChI=1S/C18H22N8O/c1-2-13(14-12-20-24-15(14)3-1)16-21-17(25-6-4-19-5-7-25)23-18(22-16)26-8-10-27-11-9-26/h1-3,12,19H,4-11H2,(H,20,24). The molecule has 2 aliphatic rings. The number of ether oxygens (including phenoxy) is 1. The second-order valence-electron chi connectivity index (χ2n) is 6.73. The second kappa shape index (κ2) is 7.09. The van der Waals surface area contributed by atoms with Gasteiger partial charge in [-0.25, -0.2) is 0 Å². The van der Waals surface area contributed by atoms with Gasteiger partial charge in [0.05, 0.1) is 24.9 Å². The Morgan fingerprint density at radius 1 is 0.889 bits per heavy atom. The lowest BCUT2D eigenvalue weighted by atomic mass is 10.1. The van der Waals surface area contributed by atoms with Crippen LogP contribution in [0.4, 0.5) is 11.9 Å². The van der Waals surface area contributed by atoms with E-state index in [1.165, 1.54) is 0 Å². The average molecular weight is 366 g/mol. The number of rotatable bonds is 3. The summed E-state index contributed by atoms with van der Waals surface area (Å²) in [6, 6.07) is 6.05. The van der Waals surface area contributed by atoms with Crippen LogP contribution in [0.15, 0.2) is 24.4 Å². The van der Waals surface area contributed by atoms with Crippen molar-refractivity contribution in [2.75, 3.05) is 62.3 Å². The fraction of sp³-hybridized carbons (Fsp3) is 0.444. The Bertz CT molecular complexity index is 894. The number of aromatic amines is 1. The number of anilines is 2. The lowest BCUT2D eigenvalue weighted by Gasteiger charge is -2.30. The Labute approximate surface area is 156 Å². The minimum Gasteiger partial charge on any atom is -0.378 e. The Morgan fingerprint density at radius 2 is 1.63 bits per heavy atom. The molecule has 0 radical (unpaired) electrons. The van der Waals surface area contributed by atoms with E-state index in [4.69, 9.17) is 19.7 Å². The zero-order chi connectivity index (χ0) is 18.1. The maximum Gasteiger partial charge on any atom is 0.230 e. The molecule has 0 bridgehead atoms. The first kappa shape index (κ1) is 16.4. The molecule has 1 aromatic carbocycles. The molecule has 0 saturated carbocycles. The van der Waals surface area contributed by atoms with Gasteiger partial charge in [-0.1, -0.05) is 12.1 Å². The normalized spacial score (nSPS) is 18.2. The maximum absolute atomic E-state index is 5.49. The number of piperazine rings is 1. The van der Waals surface area contributed by atoms with Crippen molar-refractivity contribution < 1.29 is 4.74 Å². The summed E-state index contributed by atoms with van der Waals surface area (Å²) < 4.78 is 5.49. The van der Waals surface area contributed by atoms with Crippen LogP contribution >= 0.6 is 0 Å². The highest BCUT2D eigenvalue weighted by Crippen LogP contribution is 2.27. The van der Waals surface area contributed by atoms with Gasteiger partial charge in [0.15, 0.2) is 5.82 Å². The van der Waals surface area contributed by atoms with Crippen LogP contribution in [0.25, 0.3) is 22.3 Å². The molecule has 140 valence electrons. The van der Waals surface area contributed by atoms with Gasteiger partial charge in [-0.2, -0.15) is 20.1 Å². The Balaban J connectivity index is 1.61. The van der Waals surface area contributed by atoms with E-state index >= 15 is 0 Å². The highest BCUT2D eigenvalue weighted by atomic mass is 16.5. The van der Waals surface area contributed by atoms with Gasteiger partial charge in [0.25, 0.3) is 0 Å². The van der Waals surface area contributed by atoms with Crippen LogP contribution < -0.4 is 15.1 Å². The number of nitrogens with zero attached hydrogens (tertiary/aromatic N) is 6. The van der Waals surface area contributed by atoms with Crippen LogP contribution in [0, 0.1) is 0 Å². The van der Waals surface area contributed by atoms with Gasteiger partial charge in [0.2, 0.25) is 11.9 Å². The number of benzene rings is 1. The van der Waals surface area contributed by atoms with Gasteiger partial charge < -0.3 is 19.9 Å². The topological polar surface area (TPSA) is 95.1 Å². The first-order valence-electron chi connectivity index (χ1n) is 9.35. The fourth-order valence-corrected chi connectivity index (χ4v) is 3.55. The molecule has 9 nitrogen and oxygen atoms in total. The Kier molecular flexibility index (Phi) is 4.30. The van der Waals surface area contributed by atoms with Crippen LogP contribution in [0.3, 0.4) is 0 Å². The predicted molar refractivity (Wildman–Crippen MR) is 103 cm³/mol. The summed E-state index contributed by atoms with van der Waals surface area (Å²) in [6.45, 7) is 6.63. The molecule has 0 atom stereocenters. The molecule has 2 fully saturated rings. The first-order valence-corrected chi connectivity index (χ1v) is 9.35. The molecule has 4 heterocycles. The minimum absolute atomic E-state index is 0.687. The molecule has 0 amide bonds. The SMILES string of the molecule is c1cc(-c2nc(N3CCNCC3)nc(N3CCOCC3)n2)c2cn[nH]c2c1. The van der Waals surface area contributed by atoms with Crippen molar-refractivity contribution >= 4 is 22.8 Å². The minimum atomic E-state index is 0.687. The van der Waals surface area contributed by atoms with Crippen molar-refractivity contribution in [1.29, 1.82) is 0 Å². The van der Waals surface area contributed by atoms with Crippen molar-refractivity contribution in [3.63, 3.8) is 0 Å². The molecule has 2 aromatic heterocycles. The molecule has 0 aliphatic carbocycles. The maximum atomic E-state index is 5.49. The van der Waals surface area contributed by atoms with Crippen LogP contribution in [0.2, 0.25) is 0 Å². The van der Waals surface area contributed by atoms with E-state index in [0.717, 1.165) is 67.6 Å². The van der Waals surface area contributed by atoms with Crippen molar-refractivity contribution in [2.24, 2.45) is 0 Å². The quantitative estimate of drug-likeness (QED) is 0.698. The van der Waals surface area contributed by atoms with E-state index in [0.29, 0.717) is 19.0 Å². The van der Waals surface area contributed by atoms with Crippen LogP contribution in [0.5, 0.6) is 0 Å². The smallest absolute Gasteiger partial charge is 0.230 e. The summed E-state index contributed by atoms with van der Waals surface area (Å²) in [5.74, 6) is 2.15. The van der Waals surface area contributed by atoms with E-state index in [9.17, 15) is 0 Å². The highest BCUT2D eigenvalue weighted by molar-refractivity contribution is 5.92. The highest BCUT2D eigenvalue weighted by Gasteiger charge is 2.21. The zero-order valence-electron chi connectivity index (χ0n) is 15.1. The van der Waals surface area contributed by atoms with Gasteiger partial charge in [0.1, 0.15) is 0 Å². The lowest BCUT2D eigenvalue weighted by Crippen LogP contribution is -2.44. The molecule has 27 heavy (non-hydrogen) atoms. The van der Waals surface area contributed by atoms with Crippen LogP contribution in [-0.2, 0) is 4.74 Å². The summed E-state index contributed by atoms with van der Waals surface area (Å²) in [7, 11) is 0. The van der Waals surface area contributed by atoms with Gasteiger partial charge in [-0.05, 0) is 6.07 Å². The molecule has 2 N–H and O–H groups in total. The molecular weight excluding hydrogens is 344 g/mol. The summed E-state index contributed by atoms with van der Waals surface area (Å²) in [5, 5.41) is 11.6. The number of H-pyrrole nitrogens is 1. The molecule has 2 aliphatic heterocycles. The second-order valence-corrected chi connectivity index (χ2v) is 6.73. The predicted octanol–water partition coefficient (Wildman–Crippen LogP) is 0.661. The molecule has 0 spiro atoms. The summed E-state index contributed by atoms with van der Waals surface area (Å²) >= 11 is 0. The van der Waals surface area contributed by atoms with E-state index in [1.54, 1.807) is 0 Å².